The highest BCUT2D eigenvalue weighted by Crippen LogP contribution is 2.25. The molecule has 3 aromatic rings. The Labute approximate surface area is 222 Å². The zero-order valence-corrected chi connectivity index (χ0v) is 21.4. The molecule has 2 aromatic carbocycles. The number of para-hydroxylation sites is 1. The van der Waals surface area contributed by atoms with Crippen molar-refractivity contribution in [1.82, 2.24) is 4.98 Å². The van der Waals surface area contributed by atoms with E-state index >= 15 is 0 Å². The third-order valence-electron chi connectivity index (χ3n) is 6.56. The van der Waals surface area contributed by atoms with E-state index in [1.54, 1.807) is 0 Å². The first-order valence-electron chi connectivity index (χ1n) is 13.2. The van der Waals surface area contributed by atoms with E-state index in [2.05, 4.69) is 4.98 Å². The molecule has 1 aliphatic rings. The normalized spacial score (nSPS) is 23.4. The van der Waals surface area contributed by atoms with Crippen LogP contribution >= 0.6 is 0 Å². The SMILES string of the molecule is OC[C@H]1OC(O)[C@H](O)[C@@H](OCCCCCCCCOc2ccc3nc(Oc4ccccc4)ccc3c2)[C@@H]1O. The molecule has 9 heteroatoms. The maximum Gasteiger partial charge on any atom is 0.219 e. The molecule has 1 saturated heterocycles. The van der Waals surface area contributed by atoms with Gasteiger partial charge in [0, 0.05) is 18.1 Å². The largest absolute Gasteiger partial charge is 0.494 e. The molecule has 4 N–H and O–H groups in total. The Morgan fingerprint density at radius 2 is 1.50 bits per heavy atom. The zero-order chi connectivity index (χ0) is 26.7. The Morgan fingerprint density at radius 3 is 2.26 bits per heavy atom. The summed E-state index contributed by atoms with van der Waals surface area (Å²) in [5.74, 6) is 2.12. The van der Waals surface area contributed by atoms with Crippen LogP contribution < -0.4 is 9.47 Å². The van der Waals surface area contributed by atoms with Crippen LogP contribution in [-0.4, -0.2) is 75.9 Å². The van der Waals surface area contributed by atoms with Gasteiger partial charge in [0.1, 0.15) is 35.9 Å². The van der Waals surface area contributed by atoms with Gasteiger partial charge in [0.15, 0.2) is 6.29 Å². The molecule has 0 bridgehead atoms. The number of fused-ring (bicyclic) bond motifs is 1. The Bertz CT molecular complexity index is 1110. The van der Waals surface area contributed by atoms with Crippen LogP contribution in [0.15, 0.2) is 60.7 Å². The van der Waals surface area contributed by atoms with E-state index in [0.717, 1.165) is 60.9 Å². The molecule has 1 aromatic heterocycles. The van der Waals surface area contributed by atoms with E-state index in [4.69, 9.17) is 18.9 Å². The van der Waals surface area contributed by atoms with Crippen molar-refractivity contribution < 1.29 is 39.4 Å². The number of aromatic nitrogens is 1. The molecule has 0 saturated carbocycles. The van der Waals surface area contributed by atoms with Crippen molar-refractivity contribution in [1.29, 1.82) is 0 Å². The molecule has 1 aliphatic heterocycles. The van der Waals surface area contributed by atoms with Crippen molar-refractivity contribution in [2.24, 2.45) is 0 Å². The summed E-state index contributed by atoms with van der Waals surface area (Å²) in [5.41, 5.74) is 0.847. The summed E-state index contributed by atoms with van der Waals surface area (Å²) in [6, 6.07) is 19.3. The van der Waals surface area contributed by atoms with E-state index in [9.17, 15) is 20.4 Å². The minimum absolute atomic E-state index is 0.351. The average molecular weight is 528 g/mol. The van der Waals surface area contributed by atoms with Crippen molar-refractivity contribution in [3.05, 3.63) is 60.7 Å². The van der Waals surface area contributed by atoms with Gasteiger partial charge in [-0.05, 0) is 49.2 Å². The predicted molar refractivity (Wildman–Crippen MR) is 141 cm³/mol. The predicted octanol–water partition coefficient (Wildman–Crippen LogP) is 3.56. The number of ether oxygens (including phenoxy) is 4. The minimum atomic E-state index is -1.48. The topological polar surface area (TPSA) is 131 Å². The van der Waals surface area contributed by atoms with Gasteiger partial charge in [0.2, 0.25) is 5.88 Å². The van der Waals surface area contributed by atoms with Crippen LogP contribution in [0.25, 0.3) is 10.9 Å². The van der Waals surface area contributed by atoms with Gasteiger partial charge in [-0.25, -0.2) is 4.98 Å². The van der Waals surface area contributed by atoms with Crippen LogP contribution in [0.5, 0.6) is 17.4 Å². The molecule has 0 spiro atoms. The standard InChI is InChI=1S/C29H37NO8/c31-19-24-26(32)28(27(33)29(34)38-24)36-17-9-4-2-1-3-8-16-35-22-13-14-23-20(18-22)12-15-25(30-23)37-21-10-6-5-7-11-21/h5-7,10-15,18,24,26-29,31-34H,1-4,8-9,16-17,19H2/t24-,26-,27-,28+,29?/m1/s1. The second-order valence-corrected chi connectivity index (χ2v) is 9.45. The van der Waals surface area contributed by atoms with Gasteiger partial charge in [-0.15, -0.1) is 0 Å². The molecule has 1 fully saturated rings. The molecule has 9 nitrogen and oxygen atoms in total. The molecule has 0 radical (unpaired) electrons. The Morgan fingerprint density at radius 1 is 0.763 bits per heavy atom. The van der Waals surface area contributed by atoms with Crippen LogP contribution in [0.2, 0.25) is 0 Å². The van der Waals surface area contributed by atoms with Crippen LogP contribution in [0.3, 0.4) is 0 Å². The van der Waals surface area contributed by atoms with E-state index < -0.39 is 37.3 Å². The maximum atomic E-state index is 10.1. The lowest BCUT2D eigenvalue weighted by Crippen LogP contribution is -2.59. The molecule has 2 heterocycles. The highest BCUT2D eigenvalue weighted by Gasteiger charge is 2.44. The van der Waals surface area contributed by atoms with E-state index in [-0.39, 0.29) is 0 Å². The van der Waals surface area contributed by atoms with E-state index in [1.807, 2.05) is 60.7 Å². The molecule has 5 atom stereocenters. The summed E-state index contributed by atoms with van der Waals surface area (Å²) in [7, 11) is 0. The van der Waals surface area contributed by atoms with Crippen molar-refractivity contribution in [2.45, 2.75) is 69.2 Å². The lowest BCUT2D eigenvalue weighted by atomic mass is 9.99. The third-order valence-corrected chi connectivity index (χ3v) is 6.56. The van der Waals surface area contributed by atoms with Gasteiger partial charge >= 0.3 is 0 Å². The van der Waals surface area contributed by atoms with Gasteiger partial charge in [0.05, 0.1) is 18.7 Å². The summed E-state index contributed by atoms with van der Waals surface area (Å²) in [4.78, 5) is 4.57. The maximum absolute atomic E-state index is 10.1. The van der Waals surface area contributed by atoms with Gasteiger partial charge in [-0.2, -0.15) is 0 Å². The van der Waals surface area contributed by atoms with Crippen LogP contribution in [-0.2, 0) is 9.47 Å². The first-order valence-corrected chi connectivity index (χ1v) is 13.2. The fourth-order valence-corrected chi connectivity index (χ4v) is 4.43. The number of benzene rings is 2. The number of pyridine rings is 1. The van der Waals surface area contributed by atoms with Crippen molar-refractivity contribution in [2.75, 3.05) is 19.8 Å². The molecule has 4 rings (SSSR count). The number of hydrogen-bond acceptors (Lipinski definition) is 9. The van der Waals surface area contributed by atoms with Crippen LogP contribution in [0.4, 0.5) is 0 Å². The summed E-state index contributed by atoms with van der Waals surface area (Å²) >= 11 is 0. The Hall–Kier alpha value is -2.79. The molecule has 206 valence electrons. The van der Waals surface area contributed by atoms with Gasteiger partial charge in [-0.3, -0.25) is 0 Å². The quantitative estimate of drug-likeness (QED) is 0.232. The van der Waals surface area contributed by atoms with Crippen molar-refractivity contribution >= 4 is 10.9 Å². The number of aliphatic hydroxyl groups is 4. The third kappa shape index (κ3) is 7.86. The monoisotopic (exact) mass is 527 g/mol. The Balaban J connectivity index is 1.08. The molecule has 0 aliphatic carbocycles. The van der Waals surface area contributed by atoms with Crippen LogP contribution in [0.1, 0.15) is 38.5 Å². The van der Waals surface area contributed by atoms with E-state index in [1.165, 1.54) is 0 Å². The highest BCUT2D eigenvalue weighted by atomic mass is 16.6. The number of aliphatic hydroxyl groups excluding tert-OH is 4. The first-order chi connectivity index (χ1) is 18.5. The summed E-state index contributed by atoms with van der Waals surface area (Å²) in [5, 5.41) is 40.0. The first kappa shape index (κ1) is 28.2. The lowest BCUT2D eigenvalue weighted by Gasteiger charge is -2.39. The highest BCUT2D eigenvalue weighted by molar-refractivity contribution is 5.80. The van der Waals surface area contributed by atoms with Crippen molar-refractivity contribution in [3.8, 4) is 17.4 Å². The number of unbranched alkanes of at least 4 members (excludes halogenated alkanes) is 5. The number of nitrogens with zero attached hydrogens (tertiary/aromatic N) is 1. The molecular formula is C29H37NO8. The van der Waals surface area contributed by atoms with Gasteiger partial charge in [-0.1, -0.05) is 43.9 Å². The van der Waals surface area contributed by atoms with Crippen molar-refractivity contribution in [3.63, 3.8) is 0 Å². The van der Waals surface area contributed by atoms with Gasteiger partial charge < -0.3 is 39.4 Å². The zero-order valence-electron chi connectivity index (χ0n) is 21.4. The lowest BCUT2D eigenvalue weighted by molar-refractivity contribution is -0.294. The summed E-state index contributed by atoms with van der Waals surface area (Å²) in [6.07, 6.45) is -0.130. The molecular weight excluding hydrogens is 490 g/mol. The second-order valence-electron chi connectivity index (χ2n) is 9.45. The van der Waals surface area contributed by atoms with E-state index in [0.29, 0.717) is 19.1 Å². The fraction of sp³-hybridized carbons (Fsp3) is 0.483. The summed E-state index contributed by atoms with van der Waals surface area (Å²) in [6.45, 7) is 0.534. The second kappa shape index (κ2) is 14.4. The van der Waals surface area contributed by atoms with Crippen LogP contribution in [0, 0.1) is 0 Å². The average Bonchev–Trinajstić information content (AvgIpc) is 2.94. The Kier molecular flexibility index (Phi) is 10.7. The van der Waals surface area contributed by atoms with Gasteiger partial charge in [0.25, 0.3) is 0 Å². The molecule has 0 amide bonds. The molecule has 38 heavy (non-hydrogen) atoms. The fourth-order valence-electron chi connectivity index (χ4n) is 4.43. The summed E-state index contributed by atoms with van der Waals surface area (Å²) < 4.78 is 22.3. The number of hydrogen-bond donors (Lipinski definition) is 4. The minimum Gasteiger partial charge on any atom is -0.494 e. The number of rotatable bonds is 14. The smallest absolute Gasteiger partial charge is 0.219 e. The molecule has 1 unspecified atom stereocenters.